The minimum absolute atomic E-state index is 0.0633. The first-order valence-electron chi connectivity index (χ1n) is 10.6. The fourth-order valence-electron chi connectivity index (χ4n) is 3.47. The second-order valence-corrected chi connectivity index (χ2v) is 9.62. The van der Waals surface area contributed by atoms with Gasteiger partial charge < -0.3 is 9.64 Å². The molecule has 3 rings (SSSR count). The summed E-state index contributed by atoms with van der Waals surface area (Å²) in [4.78, 5) is 28.8. The molecular formula is C23H29N3O5S. The number of nitrogens with zero attached hydrogens (tertiary/aromatic N) is 2. The minimum atomic E-state index is -3.83. The third-order valence-electron chi connectivity index (χ3n) is 5.33. The van der Waals surface area contributed by atoms with Crippen LogP contribution in [0.15, 0.2) is 59.5 Å². The Labute approximate surface area is 189 Å². The topological polar surface area (TPSA) is 96.0 Å². The molecule has 2 aromatic rings. The molecule has 172 valence electrons. The average Bonchev–Trinajstić information content (AvgIpc) is 2.79. The van der Waals surface area contributed by atoms with Gasteiger partial charge in [0.2, 0.25) is 10.0 Å². The highest BCUT2D eigenvalue weighted by Gasteiger charge is 2.27. The second kappa shape index (κ2) is 10.7. The van der Waals surface area contributed by atoms with Crippen LogP contribution < -0.4 is 4.72 Å². The predicted octanol–water partition coefficient (Wildman–Crippen LogP) is 1.55. The minimum Gasteiger partial charge on any atom is -0.452 e. The van der Waals surface area contributed by atoms with E-state index in [-0.39, 0.29) is 10.8 Å². The smallest absolute Gasteiger partial charge is 0.321 e. The first-order chi connectivity index (χ1) is 15.2. The Kier molecular flexibility index (Phi) is 8.00. The van der Waals surface area contributed by atoms with Gasteiger partial charge in [0, 0.05) is 32.7 Å². The van der Waals surface area contributed by atoms with Gasteiger partial charge in [0.25, 0.3) is 5.91 Å². The number of sulfonamides is 1. The average molecular weight is 460 g/mol. The molecule has 1 N–H and O–H groups in total. The number of carbonyl (C=O) groups excluding carboxylic acids is 2. The highest BCUT2D eigenvalue weighted by Crippen LogP contribution is 2.11. The lowest BCUT2D eigenvalue weighted by Gasteiger charge is -2.35. The van der Waals surface area contributed by atoms with E-state index in [1.54, 1.807) is 17.0 Å². The van der Waals surface area contributed by atoms with Crippen LogP contribution >= 0.6 is 0 Å². The maximum Gasteiger partial charge on any atom is 0.321 e. The first-order valence-corrected chi connectivity index (χ1v) is 12.0. The van der Waals surface area contributed by atoms with E-state index >= 15 is 0 Å². The molecular weight excluding hydrogens is 430 g/mol. The molecule has 1 aliphatic rings. The van der Waals surface area contributed by atoms with Gasteiger partial charge in [0.05, 0.1) is 4.90 Å². The summed E-state index contributed by atoms with van der Waals surface area (Å²) in [7, 11) is -3.83. The fraction of sp³-hybridized carbons (Fsp3) is 0.391. The van der Waals surface area contributed by atoms with Crippen molar-refractivity contribution in [2.24, 2.45) is 0 Å². The summed E-state index contributed by atoms with van der Waals surface area (Å²) in [6.07, 6.45) is -0.980. The Morgan fingerprint density at radius 2 is 1.62 bits per heavy atom. The molecule has 0 radical (unpaired) electrons. The number of amides is 1. The quantitative estimate of drug-likeness (QED) is 0.602. The summed E-state index contributed by atoms with van der Waals surface area (Å²) in [6, 6.07) is 16.4. The van der Waals surface area contributed by atoms with E-state index in [1.165, 1.54) is 24.6 Å². The van der Waals surface area contributed by atoms with Crippen molar-refractivity contribution in [2.75, 3.05) is 32.7 Å². The third-order valence-corrected chi connectivity index (χ3v) is 6.74. The van der Waals surface area contributed by atoms with Gasteiger partial charge >= 0.3 is 5.97 Å². The number of hydrogen-bond donors (Lipinski definition) is 1. The number of rotatable bonds is 8. The number of nitrogens with one attached hydrogen (secondary N) is 1. The molecule has 0 bridgehead atoms. The number of carbonyl (C=O) groups is 2. The molecule has 32 heavy (non-hydrogen) atoms. The van der Waals surface area contributed by atoms with Gasteiger partial charge in [0.1, 0.15) is 6.54 Å². The van der Waals surface area contributed by atoms with Crippen LogP contribution in [0.25, 0.3) is 0 Å². The second-order valence-electron chi connectivity index (χ2n) is 7.86. The lowest BCUT2D eigenvalue weighted by Crippen LogP contribution is -2.51. The lowest BCUT2D eigenvalue weighted by atomic mass is 10.2. The van der Waals surface area contributed by atoms with Crippen molar-refractivity contribution in [3.63, 3.8) is 0 Å². The standard InChI is InChI=1S/C23H29N3O5S/c1-18-8-10-21(11-9-18)32(29,30)24-16-22(27)31-19(2)23(28)26-14-12-25(13-15-26)17-20-6-4-3-5-7-20/h3-11,19,24H,12-17H2,1-2H3. The molecule has 8 nitrogen and oxygen atoms in total. The molecule has 1 fully saturated rings. The van der Waals surface area contributed by atoms with Crippen LogP contribution in [-0.4, -0.2) is 68.9 Å². The molecule has 1 unspecified atom stereocenters. The Morgan fingerprint density at radius 3 is 2.25 bits per heavy atom. The van der Waals surface area contributed by atoms with Gasteiger partial charge in [-0.1, -0.05) is 48.0 Å². The van der Waals surface area contributed by atoms with Gasteiger partial charge in [-0.15, -0.1) is 0 Å². The van der Waals surface area contributed by atoms with Gasteiger partial charge in [-0.05, 0) is 31.5 Å². The largest absolute Gasteiger partial charge is 0.452 e. The van der Waals surface area contributed by atoms with Crippen LogP contribution in [0.4, 0.5) is 0 Å². The molecule has 1 atom stereocenters. The van der Waals surface area contributed by atoms with E-state index < -0.39 is 28.6 Å². The normalized spacial score (nSPS) is 15.9. The molecule has 0 saturated carbocycles. The first kappa shape index (κ1) is 23.9. The fourth-order valence-corrected chi connectivity index (χ4v) is 4.44. The van der Waals surface area contributed by atoms with Crippen LogP contribution in [0.2, 0.25) is 0 Å². The number of ether oxygens (including phenoxy) is 1. The van der Waals surface area contributed by atoms with Crippen molar-refractivity contribution in [2.45, 2.75) is 31.4 Å². The summed E-state index contributed by atoms with van der Waals surface area (Å²) in [5.41, 5.74) is 2.15. The zero-order valence-electron chi connectivity index (χ0n) is 18.4. The van der Waals surface area contributed by atoms with Gasteiger partial charge in [-0.2, -0.15) is 4.72 Å². The number of hydrogen-bond acceptors (Lipinski definition) is 6. The highest BCUT2D eigenvalue weighted by molar-refractivity contribution is 7.89. The highest BCUT2D eigenvalue weighted by atomic mass is 32.2. The maximum absolute atomic E-state index is 12.6. The molecule has 1 heterocycles. The van der Waals surface area contributed by atoms with Crippen LogP contribution in [0.1, 0.15) is 18.1 Å². The van der Waals surface area contributed by atoms with Crippen molar-refractivity contribution in [1.82, 2.24) is 14.5 Å². The van der Waals surface area contributed by atoms with E-state index in [4.69, 9.17) is 4.74 Å². The van der Waals surface area contributed by atoms with E-state index in [1.807, 2.05) is 25.1 Å². The lowest BCUT2D eigenvalue weighted by molar-refractivity contribution is -0.159. The molecule has 0 aromatic heterocycles. The molecule has 0 spiro atoms. The zero-order chi connectivity index (χ0) is 23.1. The van der Waals surface area contributed by atoms with Crippen molar-refractivity contribution in [3.05, 3.63) is 65.7 Å². The molecule has 0 aliphatic carbocycles. The summed E-state index contributed by atoms with van der Waals surface area (Å²) < 4.78 is 31.9. The SMILES string of the molecule is Cc1ccc(S(=O)(=O)NCC(=O)OC(C)C(=O)N2CCN(Cc3ccccc3)CC2)cc1. The molecule has 1 saturated heterocycles. The van der Waals surface area contributed by atoms with Crippen LogP contribution in [0.3, 0.4) is 0 Å². The summed E-state index contributed by atoms with van der Waals surface area (Å²) in [5, 5.41) is 0. The molecule has 1 aliphatic heterocycles. The maximum atomic E-state index is 12.6. The van der Waals surface area contributed by atoms with E-state index in [2.05, 4.69) is 21.8 Å². The van der Waals surface area contributed by atoms with Gasteiger partial charge in [-0.3, -0.25) is 14.5 Å². The van der Waals surface area contributed by atoms with Crippen molar-refractivity contribution < 1.29 is 22.7 Å². The monoisotopic (exact) mass is 459 g/mol. The Bertz CT molecular complexity index is 1020. The molecule has 1 amide bonds. The van der Waals surface area contributed by atoms with E-state index in [0.29, 0.717) is 13.1 Å². The number of benzene rings is 2. The van der Waals surface area contributed by atoms with Crippen molar-refractivity contribution in [1.29, 1.82) is 0 Å². The Morgan fingerprint density at radius 1 is 1.00 bits per heavy atom. The van der Waals surface area contributed by atoms with Gasteiger partial charge in [0.15, 0.2) is 6.10 Å². The van der Waals surface area contributed by atoms with Crippen molar-refractivity contribution in [3.8, 4) is 0 Å². The van der Waals surface area contributed by atoms with E-state index in [0.717, 1.165) is 25.2 Å². The summed E-state index contributed by atoms with van der Waals surface area (Å²) in [6.45, 7) is 6.21. The molecule has 9 heteroatoms. The number of esters is 1. The Balaban J connectivity index is 1.43. The van der Waals surface area contributed by atoms with Gasteiger partial charge in [-0.25, -0.2) is 8.42 Å². The number of piperazine rings is 1. The van der Waals surface area contributed by atoms with E-state index in [9.17, 15) is 18.0 Å². The predicted molar refractivity (Wildman–Crippen MR) is 120 cm³/mol. The van der Waals surface area contributed by atoms with Crippen LogP contribution in [0, 0.1) is 6.92 Å². The van der Waals surface area contributed by atoms with Crippen molar-refractivity contribution >= 4 is 21.9 Å². The van der Waals surface area contributed by atoms with Crippen LogP contribution in [-0.2, 0) is 30.9 Å². The molecule has 2 aromatic carbocycles. The van der Waals surface area contributed by atoms with Crippen LogP contribution in [0.5, 0.6) is 0 Å². The third kappa shape index (κ3) is 6.62. The zero-order valence-corrected chi connectivity index (χ0v) is 19.2. The number of aryl methyl sites for hydroxylation is 1. The Hall–Kier alpha value is -2.75. The summed E-state index contributed by atoms with van der Waals surface area (Å²) >= 11 is 0. The summed E-state index contributed by atoms with van der Waals surface area (Å²) in [5.74, 6) is -1.08.